The van der Waals surface area contributed by atoms with Gasteiger partial charge >= 0.3 is 0 Å². The number of carbonyl (C=O) groups excluding carboxylic acids is 2. The molecule has 9 heteroatoms. The average molecular weight is 562 g/mol. The van der Waals surface area contributed by atoms with E-state index in [1.165, 1.54) is 14.4 Å². The molecule has 2 aromatic carbocycles. The van der Waals surface area contributed by atoms with Gasteiger partial charge in [0.2, 0.25) is 0 Å². The minimum Gasteiger partial charge on any atom is -0.347 e. The molecule has 0 fully saturated rings. The molecule has 0 bridgehead atoms. The first kappa shape index (κ1) is 29.2. The lowest BCUT2D eigenvalue weighted by Crippen LogP contribution is -2.47. The van der Waals surface area contributed by atoms with Gasteiger partial charge in [0.05, 0.1) is 17.4 Å². The summed E-state index contributed by atoms with van der Waals surface area (Å²) < 4.78 is 1.51. The third-order valence-electron chi connectivity index (χ3n) is 7.03. The van der Waals surface area contributed by atoms with Crippen LogP contribution in [0.4, 0.5) is 0 Å². The molecule has 0 radical (unpaired) electrons. The molecule has 0 saturated carbocycles. The number of nitrogens with two attached hydrogens (primary N) is 1. The number of halogens is 1. The number of aryl methyl sites for hydroxylation is 1. The second kappa shape index (κ2) is 12.6. The largest absolute Gasteiger partial charge is 0.347 e. The highest BCUT2D eigenvalue weighted by atomic mass is 35.5. The first-order chi connectivity index (χ1) is 19.1. The summed E-state index contributed by atoms with van der Waals surface area (Å²) in [6.45, 7) is 4.78. The standard InChI is InChI=1S/C31H36ClN5O3/c1-20-9-11-23(12-10-20)29(38)36(16-6-15-33)27(31(40)35(3)4)28-34-26-18-24(32)13-14-25(26)30(39)37(28)19-22-8-5-7-21(2)17-22/h5,7-9,11-14,17-18,20,27H,6,10,15-16,19,33H2,1-4H3. The average Bonchev–Trinajstić information content (AvgIpc) is 2.92. The summed E-state index contributed by atoms with van der Waals surface area (Å²) in [5.74, 6) is -0.177. The van der Waals surface area contributed by atoms with Crippen LogP contribution in [0, 0.1) is 12.8 Å². The van der Waals surface area contributed by atoms with E-state index in [0.29, 0.717) is 40.4 Å². The number of hydrogen-bond acceptors (Lipinski definition) is 5. The summed E-state index contributed by atoms with van der Waals surface area (Å²) in [4.78, 5) is 49.8. The van der Waals surface area contributed by atoms with E-state index < -0.39 is 6.04 Å². The van der Waals surface area contributed by atoms with E-state index in [4.69, 9.17) is 22.3 Å². The first-order valence-corrected chi connectivity index (χ1v) is 13.8. The van der Waals surface area contributed by atoms with Gasteiger partial charge < -0.3 is 15.5 Å². The van der Waals surface area contributed by atoms with Crippen LogP contribution >= 0.6 is 11.6 Å². The lowest BCUT2D eigenvalue weighted by Gasteiger charge is -2.34. The normalized spacial score (nSPS) is 15.6. The van der Waals surface area contributed by atoms with Crippen LogP contribution in [-0.2, 0) is 16.1 Å². The van der Waals surface area contributed by atoms with E-state index in [-0.39, 0.29) is 36.3 Å². The van der Waals surface area contributed by atoms with Crippen molar-refractivity contribution in [3.63, 3.8) is 0 Å². The van der Waals surface area contributed by atoms with Crippen LogP contribution in [-0.4, -0.2) is 58.4 Å². The third-order valence-corrected chi connectivity index (χ3v) is 7.26. The van der Waals surface area contributed by atoms with Crippen LogP contribution in [0.3, 0.4) is 0 Å². The second-order valence-electron chi connectivity index (χ2n) is 10.5. The summed E-state index contributed by atoms with van der Waals surface area (Å²) >= 11 is 6.28. The Morgan fingerprint density at radius 1 is 1.20 bits per heavy atom. The molecule has 2 unspecified atom stereocenters. The highest BCUT2D eigenvalue weighted by Gasteiger charge is 2.37. The van der Waals surface area contributed by atoms with Crippen LogP contribution in [0.1, 0.15) is 42.8 Å². The van der Waals surface area contributed by atoms with E-state index in [9.17, 15) is 14.4 Å². The van der Waals surface area contributed by atoms with Crippen molar-refractivity contribution in [1.82, 2.24) is 19.4 Å². The van der Waals surface area contributed by atoms with Crippen LogP contribution in [0.2, 0.25) is 5.02 Å². The van der Waals surface area contributed by atoms with Gasteiger partial charge in [0, 0.05) is 31.2 Å². The maximum atomic E-state index is 14.0. The fourth-order valence-corrected chi connectivity index (χ4v) is 5.02. The zero-order chi connectivity index (χ0) is 29.0. The molecule has 1 aromatic heterocycles. The van der Waals surface area contributed by atoms with E-state index in [1.54, 1.807) is 38.4 Å². The van der Waals surface area contributed by atoms with Crippen molar-refractivity contribution in [1.29, 1.82) is 0 Å². The Bertz CT molecular complexity index is 1540. The van der Waals surface area contributed by atoms with Gasteiger partial charge in [0.25, 0.3) is 17.4 Å². The minimum absolute atomic E-state index is 0.178. The van der Waals surface area contributed by atoms with Gasteiger partial charge in [-0.3, -0.25) is 19.0 Å². The van der Waals surface area contributed by atoms with Crippen LogP contribution in [0.25, 0.3) is 10.9 Å². The van der Waals surface area contributed by atoms with E-state index in [2.05, 4.69) is 6.92 Å². The molecule has 1 aliphatic carbocycles. The first-order valence-electron chi connectivity index (χ1n) is 13.5. The molecule has 1 heterocycles. The topological polar surface area (TPSA) is 102 Å². The minimum atomic E-state index is -1.16. The van der Waals surface area contributed by atoms with Crippen LogP contribution < -0.4 is 11.3 Å². The van der Waals surface area contributed by atoms with Crippen molar-refractivity contribution in [2.24, 2.45) is 11.7 Å². The predicted octanol–water partition coefficient (Wildman–Crippen LogP) is 4.24. The summed E-state index contributed by atoms with van der Waals surface area (Å²) in [6.07, 6.45) is 6.88. The van der Waals surface area contributed by atoms with Crippen LogP contribution in [0.15, 0.2) is 71.1 Å². The van der Waals surface area contributed by atoms with Crippen molar-refractivity contribution in [2.75, 3.05) is 27.2 Å². The lowest BCUT2D eigenvalue weighted by molar-refractivity contribution is -0.143. The van der Waals surface area contributed by atoms with E-state index >= 15 is 0 Å². The Hall–Kier alpha value is -3.75. The Labute approximate surface area is 239 Å². The zero-order valence-corrected chi connectivity index (χ0v) is 24.2. The summed E-state index contributed by atoms with van der Waals surface area (Å²) in [5, 5.41) is 0.795. The SMILES string of the molecule is Cc1cccc(Cn2c(C(C(=O)N(C)C)N(CCCN)C(=O)C3=CCC(C)C=C3)nc3cc(Cl)ccc3c2=O)c1. The number of allylic oxidation sites excluding steroid dienone is 2. The number of amides is 2. The maximum Gasteiger partial charge on any atom is 0.261 e. The van der Waals surface area contributed by atoms with E-state index in [1.807, 2.05) is 43.3 Å². The fourth-order valence-electron chi connectivity index (χ4n) is 4.86. The maximum absolute atomic E-state index is 14.0. The Kier molecular flexibility index (Phi) is 9.22. The summed E-state index contributed by atoms with van der Waals surface area (Å²) in [5.41, 5.74) is 8.33. The van der Waals surface area contributed by atoms with Gasteiger partial charge in [-0.05, 0) is 56.0 Å². The molecule has 2 N–H and O–H groups in total. The molecule has 40 heavy (non-hydrogen) atoms. The second-order valence-corrected chi connectivity index (χ2v) is 11.0. The Morgan fingerprint density at radius 2 is 1.98 bits per heavy atom. The summed E-state index contributed by atoms with van der Waals surface area (Å²) in [6, 6.07) is 11.5. The molecule has 0 saturated heterocycles. The number of benzene rings is 2. The number of nitrogens with zero attached hydrogens (tertiary/aromatic N) is 4. The molecule has 2 atom stereocenters. The zero-order valence-electron chi connectivity index (χ0n) is 23.4. The number of rotatable bonds is 9. The highest BCUT2D eigenvalue weighted by molar-refractivity contribution is 6.31. The van der Waals surface area contributed by atoms with Gasteiger partial charge in [-0.2, -0.15) is 0 Å². The number of aromatic nitrogens is 2. The van der Waals surface area contributed by atoms with Gasteiger partial charge in [0.15, 0.2) is 6.04 Å². The molecular weight excluding hydrogens is 526 g/mol. The fraction of sp³-hybridized carbons (Fsp3) is 0.355. The van der Waals surface area contributed by atoms with Gasteiger partial charge in [0.1, 0.15) is 5.82 Å². The molecular formula is C31H36ClN5O3. The van der Waals surface area contributed by atoms with Crippen molar-refractivity contribution in [3.8, 4) is 0 Å². The molecule has 4 rings (SSSR count). The quantitative estimate of drug-likeness (QED) is 0.421. The Morgan fingerprint density at radius 3 is 2.62 bits per heavy atom. The number of hydrogen-bond donors (Lipinski definition) is 1. The van der Waals surface area contributed by atoms with Gasteiger partial charge in [-0.25, -0.2) is 4.98 Å². The smallest absolute Gasteiger partial charge is 0.261 e. The number of fused-ring (bicyclic) bond motifs is 1. The van der Waals surface area contributed by atoms with Crippen molar-refractivity contribution < 1.29 is 9.59 Å². The van der Waals surface area contributed by atoms with E-state index in [0.717, 1.165) is 17.5 Å². The molecule has 0 spiro atoms. The highest BCUT2D eigenvalue weighted by Crippen LogP contribution is 2.28. The van der Waals surface area contributed by atoms with Crippen molar-refractivity contribution in [2.45, 2.75) is 39.3 Å². The monoisotopic (exact) mass is 561 g/mol. The van der Waals surface area contributed by atoms with Gasteiger partial charge in [-0.1, -0.05) is 66.6 Å². The molecule has 3 aromatic rings. The molecule has 210 valence electrons. The van der Waals surface area contributed by atoms with Crippen molar-refractivity contribution >= 4 is 34.3 Å². The lowest BCUT2D eigenvalue weighted by atomic mass is 9.97. The third kappa shape index (κ3) is 6.35. The molecule has 2 amide bonds. The molecule has 0 aliphatic heterocycles. The molecule has 8 nitrogen and oxygen atoms in total. The number of carbonyl (C=O) groups is 2. The summed E-state index contributed by atoms with van der Waals surface area (Å²) in [7, 11) is 3.26. The van der Waals surface area contributed by atoms with Crippen molar-refractivity contribution in [3.05, 3.63) is 98.6 Å². The molecule has 1 aliphatic rings. The van der Waals surface area contributed by atoms with Crippen LogP contribution in [0.5, 0.6) is 0 Å². The van der Waals surface area contributed by atoms with Gasteiger partial charge in [-0.15, -0.1) is 0 Å². The number of likely N-dealkylation sites (N-methyl/N-ethyl adjacent to an activating group) is 1. The predicted molar refractivity (Wildman–Crippen MR) is 159 cm³/mol. The Balaban J connectivity index is 1.97.